The number of aryl methyl sites for hydroxylation is 1. The predicted octanol–water partition coefficient (Wildman–Crippen LogP) is 5.82. The molecule has 0 bridgehead atoms. The fourth-order valence-electron chi connectivity index (χ4n) is 4.40. The van der Waals surface area contributed by atoms with Crippen LogP contribution in [0.4, 0.5) is 35.0 Å². The minimum absolute atomic E-state index is 0.108. The van der Waals surface area contributed by atoms with E-state index >= 15 is 0 Å². The molecular weight excluding hydrogens is 526 g/mol. The van der Waals surface area contributed by atoms with E-state index < -0.39 is 24.7 Å². The summed E-state index contributed by atoms with van der Waals surface area (Å²) in [6.07, 6.45) is 6.76. The van der Waals surface area contributed by atoms with Gasteiger partial charge in [-0.15, -0.1) is 11.8 Å². The van der Waals surface area contributed by atoms with E-state index in [4.69, 9.17) is 4.98 Å². The molecule has 1 unspecified atom stereocenters. The Morgan fingerprint density at radius 2 is 1.79 bits per heavy atom. The Morgan fingerprint density at radius 3 is 2.42 bits per heavy atom. The Morgan fingerprint density at radius 1 is 1.08 bits per heavy atom. The highest BCUT2D eigenvalue weighted by molar-refractivity contribution is 8.13. The molecule has 208 valence electrons. The Bertz CT molecular complexity index is 1140. The third-order valence-corrected chi connectivity index (χ3v) is 7.16. The molecule has 38 heavy (non-hydrogen) atoms. The lowest BCUT2D eigenvalue weighted by Gasteiger charge is -2.20. The van der Waals surface area contributed by atoms with Gasteiger partial charge in [0.2, 0.25) is 5.95 Å². The Hall–Kier alpha value is -2.80. The zero-order valence-electron chi connectivity index (χ0n) is 21.1. The van der Waals surface area contributed by atoms with Gasteiger partial charge in [0.1, 0.15) is 10.9 Å². The zero-order chi connectivity index (χ0) is 27.2. The monoisotopic (exact) mass is 557 g/mol. The van der Waals surface area contributed by atoms with Crippen molar-refractivity contribution < 1.29 is 32.1 Å². The van der Waals surface area contributed by atoms with Crippen LogP contribution < -0.4 is 20.1 Å². The lowest BCUT2D eigenvalue weighted by atomic mass is 10.1. The average molecular weight is 558 g/mol. The second-order valence-corrected chi connectivity index (χ2v) is 10.2. The van der Waals surface area contributed by atoms with Crippen LogP contribution in [0.3, 0.4) is 0 Å². The number of benzene rings is 1. The fraction of sp³-hybridized carbons (Fsp3) is 0.560. The number of aliphatic imine (C=N–C) groups is 1. The summed E-state index contributed by atoms with van der Waals surface area (Å²) in [5.74, 6) is 0.863. The number of alkyl halides is 4. The molecule has 2 aliphatic rings. The van der Waals surface area contributed by atoms with Gasteiger partial charge in [-0.05, 0) is 69.3 Å². The van der Waals surface area contributed by atoms with Crippen LogP contribution in [0.5, 0.6) is 11.5 Å². The van der Waals surface area contributed by atoms with Gasteiger partial charge in [-0.25, -0.2) is 9.98 Å². The standard InChI is InChI=1S/C25H31F4N5O3S/c1-13-20(22(38-2)33-17-7-8-18(36-23(26)27)19(10-17)37-24(28)29)21(32-16-6-5-15(9-16)12-35)34-25(31-13)30-11-14-3-4-14/h7-8,10,14-16,23-24,35H,3-6,9,11-12H2,1-2H3,(H2,30,31,32,34)/t15?,16-/m0/s1. The summed E-state index contributed by atoms with van der Waals surface area (Å²) >= 11 is 1.31. The molecule has 1 aromatic heterocycles. The summed E-state index contributed by atoms with van der Waals surface area (Å²) in [7, 11) is 0. The molecule has 2 aliphatic carbocycles. The van der Waals surface area contributed by atoms with Crippen molar-refractivity contribution >= 4 is 34.3 Å². The highest BCUT2D eigenvalue weighted by Crippen LogP contribution is 2.36. The summed E-state index contributed by atoms with van der Waals surface area (Å²) in [6, 6.07) is 3.72. The summed E-state index contributed by atoms with van der Waals surface area (Å²) in [5, 5.41) is 16.9. The van der Waals surface area contributed by atoms with Crippen LogP contribution in [-0.4, -0.2) is 58.8 Å². The molecule has 4 rings (SSSR count). The average Bonchev–Trinajstić information content (AvgIpc) is 3.59. The first-order valence-electron chi connectivity index (χ1n) is 12.4. The lowest BCUT2D eigenvalue weighted by Crippen LogP contribution is -2.21. The highest BCUT2D eigenvalue weighted by Gasteiger charge is 2.27. The molecule has 8 nitrogen and oxygen atoms in total. The predicted molar refractivity (Wildman–Crippen MR) is 139 cm³/mol. The summed E-state index contributed by atoms with van der Waals surface area (Å²) in [5.41, 5.74) is 1.51. The van der Waals surface area contributed by atoms with E-state index in [2.05, 4.69) is 30.1 Å². The minimum atomic E-state index is -3.23. The van der Waals surface area contributed by atoms with Gasteiger partial charge in [-0.1, -0.05) is 0 Å². The maximum atomic E-state index is 12.9. The SMILES string of the molecule is CSC(=Nc1ccc(OC(F)F)c(OC(F)F)c1)c1c(C)nc(NCC2CC2)nc1N[C@H]1CCC(CO)C1. The molecule has 0 amide bonds. The Kier molecular flexibility index (Phi) is 9.53. The first-order chi connectivity index (χ1) is 18.2. The van der Waals surface area contributed by atoms with Crippen LogP contribution in [0.1, 0.15) is 43.4 Å². The van der Waals surface area contributed by atoms with E-state index in [0.29, 0.717) is 34.0 Å². The van der Waals surface area contributed by atoms with Crippen molar-refractivity contribution in [1.82, 2.24) is 9.97 Å². The van der Waals surface area contributed by atoms with Crippen LogP contribution in [0.25, 0.3) is 0 Å². The molecule has 2 aromatic rings. The molecule has 2 atom stereocenters. The van der Waals surface area contributed by atoms with E-state index in [9.17, 15) is 22.7 Å². The second-order valence-electron chi connectivity index (χ2n) is 9.39. The number of thioether (sulfide) groups is 1. The number of hydrogen-bond donors (Lipinski definition) is 3. The van der Waals surface area contributed by atoms with E-state index in [0.717, 1.165) is 37.9 Å². The maximum Gasteiger partial charge on any atom is 0.387 e. The number of aliphatic hydroxyl groups excluding tert-OH is 1. The van der Waals surface area contributed by atoms with Gasteiger partial charge in [0, 0.05) is 25.3 Å². The van der Waals surface area contributed by atoms with Crippen molar-refractivity contribution in [1.29, 1.82) is 0 Å². The van der Waals surface area contributed by atoms with Crippen LogP contribution >= 0.6 is 11.8 Å². The molecule has 0 aliphatic heterocycles. The van der Waals surface area contributed by atoms with Crippen LogP contribution in [0.2, 0.25) is 0 Å². The van der Waals surface area contributed by atoms with Gasteiger partial charge in [-0.3, -0.25) is 0 Å². The van der Waals surface area contributed by atoms with Crippen molar-refractivity contribution in [2.45, 2.75) is 58.3 Å². The molecule has 2 fully saturated rings. The molecule has 0 spiro atoms. The molecule has 0 saturated heterocycles. The van der Waals surface area contributed by atoms with E-state index in [1.807, 2.05) is 13.2 Å². The van der Waals surface area contributed by atoms with E-state index in [1.54, 1.807) is 0 Å². The lowest BCUT2D eigenvalue weighted by molar-refractivity contribution is -0.0691. The second kappa shape index (κ2) is 12.8. The third-order valence-electron chi connectivity index (χ3n) is 6.47. The third kappa shape index (κ3) is 7.62. The fourth-order valence-corrected chi connectivity index (χ4v) is 5.05. The van der Waals surface area contributed by atoms with Gasteiger partial charge in [0.25, 0.3) is 0 Å². The smallest absolute Gasteiger partial charge is 0.387 e. The zero-order valence-corrected chi connectivity index (χ0v) is 21.9. The number of halogens is 4. The van der Waals surface area contributed by atoms with E-state index in [1.165, 1.54) is 30.7 Å². The quantitative estimate of drug-likeness (QED) is 0.170. The topological polar surface area (TPSA) is 101 Å². The normalized spacial score (nSPS) is 19.8. The van der Waals surface area contributed by atoms with Crippen LogP contribution in [-0.2, 0) is 0 Å². The molecular formula is C25H31F4N5O3S. The van der Waals surface area contributed by atoms with Crippen molar-refractivity contribution in [3.8, 4) is 11.5 Å². The number of anilines is 2. The number of aliphatic hydroxyl groups is 1. The number of ether oxygens (including phenoxy) is 2. The summed E-state index contributed by atoms with van der Waals surface area (Å²) < 4.78 is 60.0. The highest BCUT2D eigenvalue weighted by atomic mass is 32.2. The van der Waals surface area contributed by atoms with Crippen molar-refractivity contribution in [3.05, 3.63) is 29.5 Å². The largest absolute Gasteiger partial charge is 0.431 e. The minimum Gasteiger partial charge on any atom is -0.431 e. The first kappa shape index (κ1) is 28.2. The van der Waals surface area contributed by atoms with Crippen molar-refractivity contribution in [3.63, 3.8) is 0 Å². The van der Waals surface area contributed by atoms with Gasteiger partial charge < -0.3 is 25.2 Å². The molecule has 1 aromatic carbocycles. The number of aromatic nitrogens is 2. The van der Waals surface area contributed by atoms with Crippen LogP contribution in [0, 0.1) is 18.8 Å². The van der Waals surface area contributed by atoms with Gasteiger partial charge >= 0.3 is 13.2 Å². The Balaban J connectivity index is 1.69. The first-order valence-corrected chi connectivity index (χ1v) is 13.6. The summed E-state index contributed by atoms with van der Waals surface area (Å²) in [4.78, 5) is 14.0. The maximum absolute atomic E-state index is 12.9. The van der Waals surface area contributed by atoms with Gasteiger partial charge in [0.15, 0.2) is 11.5 Å². The summed E-state index contributed by atoms with van der Waals surface area (Å²) in [6.45, 7) is -3.67. The van der Waals surface area contributed by atoms with Crippen LogP contribution in [0.15, 0.2) is 23.2 Å². The molecule has 1 heterocycles. The number of nitrogens with one attached hydrogen (secondary N) is 2. The van der Waals surface area contributed by atoms with Crippen molar-refractivity contribution in [2.75, 3.05) is 30.0 Å². The molecule has 3 N–H and O–H groups in total. The Labute approximate surface area is 222 Å². The van der Waals surface area contributed by atoms with E-state index in [-0.39, 0.29) is 24.3 Å². The molecule has 2 saturated carbocycles. The molecule has 0 radical (unpaired) electrons. The number of nitrogens with zero attached hydrogens (tertiary/aromatic N) is 3. The van der Waals surface area contributed by atoms with Gasteiger partial charge in [-0.2, -0.15) is 22.5 Å². The number of hydrogen-bond acceptors (Lipinski definition) is 9. The van der Waals surface area contributed by atoms with Gasteiger partial charge in [0.05, 0.1) is 16.9 Å². The van der Waals surface area contributed by atoms with Crippen molar-refractivity contribution in [2.24, 2.45) is 16.8 Å². The molecule has 13 heteroatoms. The number of rotatable bonds is 12.